The molecule has 0 aliphatic heterocycles. The summed E-state index contributed by atoms with van der Waals surface area (Å²) in [6, 6.07) is 17.8. The molecule has 0 saturated heterocycles. The second-order valence-corrected chi connectivity index (χ2v) is 9.50. The molecular weight excluding hydrogens is 376 g/mol. The van der Waals surface area contributed by atoms with E-state index in [-0.39, 0.29) is 5.41 Å². The van der Waals surface area contributed by atoms with Crippen LogP contribution in [-0.4, -0.2) is 23.1 Å². The van der Waals surface area contributed by atoms with E-state index in [9.17, 15) is 9.59 Å². The van der Waals surface area contributed by atoms with Gasteiger partial charge in [0.05, 0.1) is 11.1 Å². The van der Waals surface area contributed by atoms with Gasteiger partial charge in [0.15, 0.2) is 5.60 Å². The third-order valence-electron chi connectivity index (χ3n) is 5.22. The highest BCUT2D eigenvalue weighted by molar-refractivity contribution is 5.90. The summed E-state index contributed by atoms with van der Waals surface area (Å²) in [5.74, 6) is -0.831. The molecule has 0 bridgehead atoms. The van der Waals surface area contributed by atoms with E-state index >= 15 is 0 Å². The third-order valence-corrected chi connectivity index (χ3v) is 5.22. The predicted octanol–water partition coefficient (Wildman–Crippen LogP) is 6.45. The van der Waals surface area contributed by atoms with Crippen molar-refractivity contribution in [3.63, 3.8) is 0 Å². The minimum Gasteiger partial charge on any atom is -0.452 e. The molecule has 0 aromatic heterocycles. The number of esters is 2. The van der Waals surface area contributed by atoms with Gasteiger partial charge in [-0.2, -0.15) is 0 Å². The van der Waals surface area contributed by atoms with E-state index in [4.69, 9.17) is 9.47 Å². The topological polar surface area (TPSA) is 52.6 Å². The average molecular weight is 411 g/mol. The molecule has 4 heteroatoms. The lowest BCUT2D eigenvalue weighted by atomic mass is 9.71. The van der Waals surface area contributed by atoms with Crippen LogP contribution in [0.25, 0.3) is 0 Å². The number of ether oxygens (including phenoxy) is 2. The van der Waals surface area contributed by atoms with Crippen LogP contribution >= 0.6 is 0 Å². The molecule has 0 N–H and O–H groups in total. The fraction of sp³-hybridized carbons (Fsp3) is 0.462. The van der Waals surface area contributed by atoms with Gasteiger partial charge in [-0.05, 0) is 56.4 Å². The number of carbonyl (C=O) groups excluding carboxylic acids is 2. The van der Waals surface area contributed by atoms with Crippen molar-refractivity contribution >= 4 is 11.9 Å². The van der Waals surface area contributed by atoms with Gasteiger partial charge in [-0.15, -0.1) is 0 Å². The van der Waals surface area contributed by atoms with E-state index in [1.807, 2.05) is 45.0 Å². The Morgan fingerprint density at radius 1 is 0.733 bits per heavy atom. The maximum absolute atomic E-state index is 13.1. The highest BCUT2D eigenvalue weighted by Crippen LogP contribution is 2.43. The molecule has 4 nitrogen and oxygen atoms in total. The lowest BCUT2D eigenvalue weighted by Gasteiger charge is -2.48. The van der Waals surface area contributed by atoms with E-state index in [2.05, 4.69) is 20.8 Å². The van der Waals surface area contributed by atoms with Gasteiger partial charge in [0, 0.05) is 0 Å². The van der Waals surface area contributed by atoms with Crippen LogP contribution in [0.2, 0.25) is 0 Å². The lowest BCUT2D eigenvalue weighted by molar-refractivity contribution is -0.160. The van der Waals surface area contributed by atoms with Gasteiger partial charge < -0.3 is 9.47 Å². The Morgan fingerprint density at radius 2 is 1.17 bits per heavy atom. The van der Waals surface area contributed by atoms with Crippen LogP contribution in [0, 0.1) is 5.41 Å². The first-order valence-corrected chi connectivity index (χ1v) is 10.6. The molecule has 0 radical (unpaired) electrons. The number of hydrogen-bond acceptors (Lipinski definition) is 4. The Bertz CT molecular complexity index is 834. The standard InChI is InChI=1S/C26H34O4/c1-7-18-26(19-24(2,3)4,30-23(28)21-16-12-9-13-17-21)25(5,6)29-22(27)20-14-10-8-11-15-20/h8-17H,7,18-19H2,1-6H3. The van der Waals surface area contributed by atoms with Gasteiger partial charge in [0.25, 0.3) is 0 Å². The van der Waals surface area contributed by atoms with E-state index < -0.39 is 23.1 Å². The summed E-state index contributed by atoms with van der Waals surface area (Å²) in [5, 5.41) is 0. The minimum atomic E-state index is -1.03. The highest BCUT2D eigenvalue weighted by Gasteiger charge is 2.52. The molecule has 30 heavy (non-hydrogen) atoms. The van der Waals surface area contributed by atoms with Crippen molar-refractivity contribution < 1.29 is 19.1 Å². The maximum Gasteiger partial charge on any atom is 0.338 e. The van der Waals surface area contributed by atoms with Crippen molar-refractivity contribution in [1.82, 2.24) is 0 Å². The fourth-order valence-electron chi connectivity index (χ4n) is 3.84. The van der Waals surface area contributed by atoms with Crippen LogP contribution in [0.15, 0.2) is 60.7 Å². The summed E-state index contributed by atoms with van der Waals surface area (Å²) < 4.78 is 12.2. The summed E-state index contributed by atoms with van der Waals surface area (Å²) in [5.41, 5.74) is -1.20. The molecule has 2 aromatic carbocycles. The summed E-state index contributed by atoms with van der Waals surface area (Å²) >= 11 is 0. The summed E-state index contributed by atoms with van der Waals surface area (Å²) in [6.45, 7) is 12.0. The molecule has 0 heterocycles. The molecule has 0 aliphatic carbocycles. The first-order valence-electron chi connectivity index (χ1n) is 10.6. The van der Waals surface area contributed by atoms with Crippen LogP contribution in [0.4, 0.5) is 0 Å². The SMILES string of the molecule is CCCC(CC(C)(C)C)(OC(=O)c1ccccc1)C(C)(C)OC(=O)c1ccccc1. The summed E-state index contributed by atoms with van der Waals surface area (Å²) in [4.78, 5) is 25.9. The van der Waals surface area contributed by atoms with Crippen molar-refractivity contribution in [3.8, 4) is 0 Å². The molecule has 162 valence electrons. The molecule has 0 spiro atoms. The highest BCUT2D eigenvalue weighted by atomic mass is 16.6. The molecular formula is C26H34O4. The van der Waals surface area contributed by atoms with Gasteiger partial charge in [-0.1, -0.05) is 70.5 Å². The first kappa shape index (κ1) is 23.7. The van der Waals surface area contributed by atoms with Gasteiger partial charge in [0.2, 0.25) is 0 Å². The van der Waals surface area contributed by atoms with Crippen molar-refractivity contribution in [2.24, 2.45) is 5.41 Å². The quantitative estimate of drug-likeness (QED) is 0.469. The summed E-state index contributed by atoms with van der Waals surface area (Å²) in [6.07, 6.45) is 1.92. The molecule has 2 aromatic rings. The van der Waals surface area contributed by atoms with Crippen molar-refractivity contribution in [2.45, 2.75) is 72.0 Å². The Balaban J connectivity index is 2.43. The van der Waals surface area contributed by atoms with E-state index in [0.717, 1.165) is 6.42 Å². The zero-order valence-corrected chi connectivity index (χ0v) is 19.0. The van der Waals surface area contributed by atoms with Crippen LogP contribution in [-0.2, 0) is 9.47 Å². The van der Waals surface area contributed by atoms with Crippen LogP contribution < -0.4 is 0 Å². The van der Waals surface area contributed by atoms with Crippen molar-refractivity contribution in [1.29, 1.82) is 0 Å². The Labute approximate surface area is 180 Å². The summed E-state index contributed by atoms with van der Waals surface area (Å²) in [7, 11) is 0. The first-order chi connectivity index (χ1) is 14.0. The second kappa shape index (κ2) is 9.46. The second-order valence-electron chi connectivity index (χ2n) is 9.50. The van der Waals surface area contributed by atoms with Crippen LogP contribution in [0.3, 0.4) is 0 Å². The van der Waals surface area contributed by atoms with Crippen molar-refractivity contribution in [2.75, 3.05) is 0 Å². The Hall–Kier alpha value is -2.62. The Kier molecular flexibility index (Phi) is 7.46. The fourth-order valence-corrected chi connectivity index (χ4v) is 3.84. The van der Waals surface area contributed by atoms with Crippen molar-refractivity contribution in [3.05, 3.63) is 71.8 Å². The average Bonchev–Trinajstić information content (AvgIpc) is 2.67. The molecule has 0 aliphatic rings. The molecule has 1 unspecified atom stereocenters. The van der Waals surface area contributed by atoms with Gasteiger partial charge in [-0.3, -0.25) is 0 Å². The van der Waals surface area contributed by atoms with Crippen LogP contribution in [0.5, 0.6) is 0 Å². The monoisotopic (exact) mass is 410 g/mol. The zero-order chi connectivity index (χ0) is 22.4. The zero-order valence-electron chi connectivity index (χ0n) is 19.0. The number of rotatable bonds is 8. The lowest BCUT2D eigenvalue weighted by Crippen LogP contribution is -2.57. The smallest absolute Gasteiger partial charge is 0.338 e. The van der Waals surface area contributed by atoms with E-state index in [1.165, 1.54) is 0 Å². The molecule has 2 rings (SSSR count). The largest absolute Gasteiger partial charge is 0.452 e. The van der Waals surface area contributed by atoms with Crippen LogP contribution in [0.1, 0.15) is 81.5 Å². The molecule has 1 atom stereocenters. The molecule has 0 saturated carbocycles. The molecule has 0 amide bonds. The van der Waals surface area contributed by atoms with Gasteiger partial charge in [0.1, 0.15) is 5.60 Å². The Morgan fingerprint density at radius 3 is 1.57 bits per heavy atom. The molecule has 0 fully saturated rings. The maximum atomic E-state index is 13.1. The number of carbonyl (C=O) groups is 2. The third kappa shape index (κ3) is 5.94. The normalized spacial score (nSPS) is 13.9. The van der Waals surface area contributed by atoms with Gasteiger partial charge >= 0.3 is 11.9 Å². The minimum absolute atomic E-state index is 0.150. The number of hydrogen-bond donors (Lipinski definition) is 0. The van der Waals surface area contributed by atoms with Gasteiger partial charge in [-0.25, -0.2) is 9.59 Å². The number of benzene rings is 2. The predicted molar refractivity (Wildman–Crippen MR) is 120 cm³/mol. The van der Waals surface area contributed by atoms with E-state index in [0.29, 0.717) is 24.0 Å². The van der Waals surface area contributed by atoms with E-state index in [1.54, 1.807) is 36.4 Å².